The average Bonchev–Trinajstić information content (AvgIpc) is 2.41. The van der Waals surface area contributed by atoms with Gasteiger partial charge >= 0.3 is 0 Å². The van der Waals surface area contributed by atoms with Gasteiger partial charge in [0.25, 0.3) is 5.91 Å². The minimum atomic E-state index is 0. The molecule has 1 aromatic carbocycles. The Morgan fingerprint density at radius 3 is 2.55 bits per heavy atom. The molecule has 1 heterocycles. The van der Waals surface area contributed by atoms with Crippen LogP contribution < -0.4 is 5.73 Å². The first kappa shape index (κ1) is 17.5. The molecule has 3 nitrogen and oxygen atoms in total. The second kappa shape index (κ2) is 7.43. The molecule has 0 aliphatic carbocycles. The summed E-state index contributed by atoms with van der Waals surface area (Å²) in [4.78, 5) is 14.5. The van der Waals surface area contributed by atoms with E-state index < -0.39 is 0 Å². The van der Waals surface area contributed by atoms with E-state index in [1.807, 2.05) is 30.0 Å². The quantitative estimate of drug-likeness (QED) is 0.878. The highest BCUT2D eigenvalue weighted by molar-refractivity contribution is 9.10. The highest BCUT2D eigenvalue weighted by atomic mass is 79.9. The van der Waals surface area contributed by atoms with Gasteiger partial charge in [0, 0.05) is 29.2 Å². The summed E-state index contributed by atoms with van der Waals surface area (Å²) in [5.41, 5.74) is 7.75. The fraction of sp³-hybridized carbons (Fsp3) is 0.533. The fourth-order valence-electron chi connectivity index (χ4n) is 2.64. The maximum atomic E-state index is 12.5. The third-order valence-electron chi connectivity index (χ3n) is 4.07. The molecule has 5 heteroatoms. The maximum Gasteiger partial charge on any atom is 0.254 e. The minimum Gasteiger partial charge on any atom is -0.339 e. The number of likely N-dealkylation sites (tertiary alicyclic amines) is 1. The molecule has 2 rings (SSSR count). The summed E-state index contributed by atoms with van der Waals surface area (Å²) >= 11 is 3.48. The number of nitrogens with two attached hydrogens (primary N) is 1. The van der Waals surface area contributed by atoms with Crippen LogP contribution in [0.15, 0.2) is 22.7 Å². The highest BCUT2D eigenvalue weighted by Gasteiger charge is 2.26. The van der Waals surface area contributed by atoms with Crippen LogP contribution in [0.1, 0.15) is 35.7 Å². The predicted octanol–water partition coefficient (Wildman–Crippen LogP) is 3.38. The van der Waals surface area contributed by atoms with Gasteiger partial charge in [-0.05, 0) is 50.3 Å². The normalized spacial score (nSPS) is 17.5. The first-order chi connectivity index (χ1) is 9.00. The molecule has 0 saturated carbocycles. The molecule has 1 unspecified atom stereocenters. The van der Waals surface area contributed by atoms with Crippen molar-refractivity contribution in [3.8, 4) is 0 Å². The van der Waals surface area contributed by atoms with E-state index in [4.69, 9.17) is 5.73 Å². The Balaban J connectivity index is 0.00000200. The maximum absolute atomic E-state index is 12.5. The molecule has 20 heavy (non-hydrogen) atoms. The van der Waals surface area contributed by atoms with Crippen LogP contribution in [0.25, 0.3) is 0 Å². The second-order valence-corrected chi connectivity index (χ2v) is 6.26. The Labute approximate surface area is 135 Å². The van der Waals surface area contributed by atoms with E-state index >= 15 is 0 Å². The van der Waals surface area contributed by atoms with Crippen LogP contribution in [-0.2, 0) is 0 Å². The zero-order chi connectivity index (χ0) is 14.0. The van der Waals surface area contributed by atoms with Gasteiger partial charge in [-0.2, -0.15) is 0 Å². The zero-order valence-corrected chi connectivity index (χ0v) is 14.3. The Hall–Kier alpha value is -0.580. The summed E-state index contributed by atoms with van der Waals surface area (Å²) in [5.74, 6) is 0.689. The number of carbonyl (C=O) groups excluding carboxylic acids is 1. The fourth-order valence-corrected chi connectivity index (χ4v) is 3.00. The van der Waals surface area contributed by atoms with Gasteiger partial charge < -0.3 is 10.6 Å². The van der Waals surface area contributed by atoms with Crippen LogP contribution in [0.4, 0.5) is 0 Å². The molecule has 0 radical (unpaired) electrons. The van der Waals surface area contributed by atoms with Crippen molar-refractivity contribution in [1.82, 2.24) is 4.90 Å². The largest absolute Gasteiger partial charge is 0.339 e. The van der Waals surface area contributed by atoms with Crippen LogP contribution >= 0.6 is 28.3 Å². The van der Waals surface area contributed by atoms with Gasteiger partial charge in [0.1, 0.15) is 0 Å². The number of benzene rings is 1. The number of piperidine rings is 1. The molecule has 0 aromatic heterocycles. The first-order valence-electron chi connectivity index (χ1n) is 6.80. The van der Waals surface area contributed by atoms with Gasteiger partial charge in [0.15, 0.2) is 0 Å². The van der Waals surface area contributed by atoms with Crippen molar-refractivity contribution in [2.45, 2.75) is 32.7 Å². The topological polar surface area (TPSA) is 46.3 Å². The number of rotatable bonds is 2. The standard InChI is InChI=1S/C15H21BrN2O.ClH/c1-10-13(4-3-5-14(10)16)15(19)18-8-6-12(7-9-18)11(2)17;/h3-5,11-12H,6-9,17H2,1-2H3;1H. The lowest BCUT2D eigenvalue weighted by Crippen LogP contribution is -2.42. The lowest BCUT2D eigenvalue weighted by molar-refractivity contribution is 0.0680. The lowest BCUT2D eigenvalue weighted by atomic mass is 9.90. The molecule has 1 atom stereocenters. The van der Waals surface area contributed by atoms with Crippen molar-refractivity contribution in [1.29, 1.82) is 0 Å². The molecule has 1 saturated heterocycles. The molecular weight excluding hydrogens is 340 g/mol. The van der Waals surface area contributed by atoms with Gasteiger partial charge in [0.05, 0.1) is 0 Å². The summed E-state index contributed by atoms with van der Waals surface area (Å²) in [6.45, 7) is 5.67. The number of hydrogen-bond donors (Lipinski definition) is 1. The van der Waals surface area contributed by atoms with Gasteiger partial charge in [-0.3, -0.25) is 4.79 Å². The monoisotopic (exact) mass is 360 g/mol. The van der Waals surface area contributed by atoms with Gasteiger partial charge in [-0.1, -0.05) is 22.0 Å². The Morgan fingerprint density at radius 1 is 1.40 bits per heavy atom. The molecule has 1 aliphatic rings. The summed E-state index contributed by atoms with van der Waals surface area (Å²) in [6.07, 6.45) is 2.02. The molecule has 1 aliphatic heterocycles. The molecular formula is C15H22BrClN2O. The highest BCUT2D eigenvalue weighted by Crippen LogP contribution is 2.24. The van der Waals surface area contributed by atoms with Crippen molar-refractivity contribution in [3.05, 3.63) is 33.8 Å². The van der Waals surface area contributed by atoms with Crippen molar-refractivity contribution in [2.75, 3.05) is 13.1 Å². The number of amides is 1. The minimum absolute atomic E-state index is 0. The van der Waals surface area contributed by atoms with Crippen molar-refractivity contribution in [3.63, 3.8) is 0 Å². The Kier molecular flexibility index (Phi) is 6.49. The van der Waals surface area contributed by atoms with Crippen LogP contribution in [-0.4, -0.2) is 29.9 Å². The second-order valence-electron chi connectivity index (χ2n) is 5.40. The van der Waals surface area contributed by atoms with Gasteiger partial charge in [-0.15, -0.1) is 12.4 Å². The van der Waals surface area contributed by atoms with E-state index in [0.29, 0.717) is 5.92 Å². The lowest BCUT2D eigenvalue weighted by Gasteiger charge is -2.34. The van der Waals surface area contributed by atoms with Crippen LogP contribution in [0.3, 0.4) is 0 Å². The molecule has 1 aromatic rings. The molecule has 0 bridgehead atoms. The van der Waals surface area contributed by atoms with E-state index in [1.165, 1.54) is 0 Å². The summed E-state index contributed by atoms with van der Waals surface area (Å²) < 4.78 is 0.990. The Bertz CT molecular complexity index is 471. The molecule has 1 fully saturated rings. The van der Waals surface area contributed by atoms with E-state index in [-0.39, 0.29) is 24.4 Å². The average molecular weight is 362 g/mol. The first-order valence-corrected chi connectivity index (χ1v) is 7.60. The van der Waals surface area contributed by atoms with Gasteiger partial charge in [0.2, 0.25) is 0 Å². The van der Waals surface area contributed by atoms with E-state index in [0.717, 1.165) is 41.5 Å². The molecule has 2 N–H and O–H groups in total. The number of halogens is 2. The smallest absolute Gasteiger partial charge is 0.254 e. The summed E-state index contributed by atoms with van der Waals surface area (Å²) in [5, 5.41) is 0. The SMILES string of the molecule is Cc1c(Br)cccc1C(=O)N1CCC(C(C)N)CC1.Cl. The van der Waals surface area contributed by atoms with E-state index in [2.05, 4.69) is 22.9 Å². The third-order valence-corrected chi connectivity index (χ3v) is 4.93. The van der Waals surface area contributed by atoms with Crippen LogP contribution in [0.2, 0.25) is 0 Å². The van der Waals surface area contributed by atoms with Gasteiger partial charge in [-0.25, -0.2) is 0 Å². The predicted molar refractivity (Wildman–Crippen MR) is 88.4 cm³/mol. The zero-order valence-electron chi connectivity index (χ0n) is 11.9. The molecule has 0 spiro atoms. The summed E-state index contributed by atoms with van der Waals surface area (Å²) in [6, 6.07) is 6.01. The van der Waals surface area contributed by atoms with E-state index in [9.17, 15) is 4.79 Å². The van der Waals surface area contributed by atoms with Crippen molar-refractivity contribution < 1.29 is 4.79 Å². The van der Waals surface area contributed by atoms with Crippen LogP contribution in [0, 0.1) is 12.8 Å². The molecule has 1 amide bonds. The van der Waals surface area contributed by atoms with E-state index in [1.54, 1.807) is 0 Å². The number of hydrogen-bond acceptors (Lipinski definition) is 2. The van der Waals surface area contributed by atoms with Crippen LogP contribution in [0.5, 0.6) is 0 Å². The number of carbonyl (C=O) groups is 1. The Morgan fingerprint density at radius 2 is 2.00 bits per heavy atom. The third kappa shape index (κ3) is 3.74. The molecule has 112 valence electrons. The number of nitrogens with zero attached hydrogens (tertiary/aromatic N) is 1. The van der Waals surface area contributed by atoms with Crippen molar-refractivity contribution >= 4 is 34.2 Å². The van der Waals surface area contributed by atoms with Crippen molar-refractivity contribution in [2.24, 2.45) is 11.7 Å². The summed E-state index contributed by atoms with van der Waals surface area (Å²) in [7, 11) is 0.